The first kappa shape index (κ1) is 11.1. The fraction of sp³-hybridized carbons (Fsp3) is 0.545. The fourth-order valence-electron chi connectivity index (χ4n) is 1.73. The third kappa shape index (κ3) is 2.59. The standard InChI is InChI=1S/C11H15F2N3/c1-6(4-7-2-3-7)15-11-9(13)5-8(12)10(14)16-11/h5-7H,2-4H2,1H3,(H3,14,15,16). The number of nitrogens with one attached hydrogen (secondary N) is 1. The van der Waals surface area contributed by atoms with Crippen molar-refractivity contribution in [1.29, 1.82) is 0 Å². The molecule has 5 heteroatoms. The second kappa shape index (κ2) is 4.23. The van der Waals surface area contributed by atoms with Crippen LogP contribution in [0.3, 0.4) is 0 Å². The Kier molecular flexibility index (Phi) is 2.94. The molecule has 0 amide bonds. The quantitative estimate of drug-likeness (QED) is 0.831. The molecule has 1 aromatic rings. The number of nitrogen functional groups attached to an aromatic ring is 1. The molecule has 1 saturated carbocycles. The van der Waals surface area contributed by atoms with E-state index in [1.807, 2.05) is 6.92 Å². The van der Waals surface area contributed by atoms with Gasteiger partial charge in [-0.15, -0.1) is 0 Å². The predicted octanol–water partition coefficient (Wildman–Crippen LogP) is 2.54. The molecule has 88 valence electrons. The zero-order valence-corrected chi connectivity index (χ0v) is 9.13. The van der Waals surface area contributed by atoms with E-state index < -0.39 is 11.6 Å². The van der Waals surface area contributed by atoms with Crippen LogP contribution in [0.25, 0.3) is 0 Å². The molecule has 0 saturated heterocycles. The van der Waals surface area contributed by atoms with Gasteiger partial charge in [0.05, 0.1) is 0 Å². The molecular formula is C11H15F2N3. The van der Waals surface area contributed by atoms with Gasteiger partial charge in [0, 0.05) is 12.1 Å². The molecule has 1 fully saturated rings. The van der Waals surface area contributed by atoms with Gasteiger partial charge in [-0.1, -0.05) is 12.8 Å². The number of hydrogen-bond acceptors (Lipinski definition) is 3. The molecule has 1 atom stereocenters. The Morgan fingerprint density at radius 3 is 2.81 bits per heavy atom. The third-order valence-corrected chi connectivity index (χ3v) is 2.72. The molecule has 1 heterocycles. The Morgan fingerprint density at radius 2 is 2.19 bits per heavy atom. The minimum atomic E-state index is -0.821. The maximum Gasteiger partial charge on any atom is 0.168 e. The van der Waals surface area contributed by atoms with Crippen LogP contribution in [-0.4, -0.2) is 11.0 Å². The van der Waals surface area contributed by atoms with Crippen LogP contribution in [0, 0.1) is 17.6 Å². The first-order valence-corrected chi connectivity index (χ1v) is 5.44. The number of nitrogens with zero attached hydrogens (tertiary/aromatic N) is 1. The largest absolute Gasteiger partial charge is 0.381 e. The van der Waals surface area contributed by atoms with Crippen molar-refractivity contribution in [2.24, 2.45) is 5.92 Å². The second-order valence-corrected chi connectivity index (χ2v) is 4.41. The molecular weight excluding hydrogens is 212 g/mol. The molecule has 3 nitrogen and oxygen atoms in total. The van der Waals surface area contributed by atoms with Crippen molar-refractivity contribution in [3.63, 3.8) is 0 Å². The number of anilines is 2. The lowest BCUT2D eigenvalue weighted by atomic mass is 10.1. The molecule has 1 unspecified atom stereocenters. The van der Waals surface area contributed by atoms with Gasteiger partial charge in [0.15, 0.2) is 23.3 Å². The van der Waals surface area contributed by atoms with Gasteiger partial charge in [0.2, 0.25) is 0 Å². The van der Waals surface area contributed by atoms with E-state index in [1.165, 1.54) is 12.8 Å². The molecule has 16 heavy (non-hydrogen) atoms. The number of aromatic nitrogens is 1. The average Bonchev–Trinajstić information content (AvgIpc) is 2.98. The van der Waals surface area contributed by atoms with Crippen molar-refractivity contribution in [2.45, 2.75) is 32.2 Å². The van der Waals surface area contributed by atoms with Crippen molar-refractivity contribution in [2.75, 3.05) is 11.1 Å². The fourth-order valence-corrected chi connectivity index (χ4v) is 1.73. The maximum absolute atomic E-state index is 13.3. The van der Waals surface area contributed by atoms with Gasteiger partial charge in [-0.25, -0.2) is 13.8 Å². The van der Waals surface area contributed by atoms with Crippen LogP contribution in [0.4, 0.5) is 20.4 Å². The molecule has 0 aliphatic heterocycles. The maximum atomic E-state index is 13.3. The molecule has 2 rings (SSSR count). The van der Waals surface area contributed by atoms with Crippen LogP contribution in [0.1, 0.15) is 26.2 Å². The van der Waals surface area contributed by atoms with Crippen molar-refractivity contribution in [3.05, 3.63) is 17.7 Å². The summed E-state index contributed by atoms with van der Waals surface area (Å²) in [6.07, 6.45) is 3.47. The molecule has 0 aromatic carbocycles. The van der Waals surface area contributed by atoms with Crippen molar-refractivity contribution < 1.29 is 8.78 Å². The minimum absolute atomic E-state index is 0.0343. The molecule has 1 aliphatic rings. The summed E-state index contributed by atoms with van der Waals surface area (Å²) < 4.78 is 26.2. The summed E-state index contributed by atoms with van der Waals surface area (Å²) in [6, 6.07) is 0.883. The van der Waals surface area contributed by atoms with Crippen LogP contribution >= 0.6 is 0 Å². The van der Waals surface area contributed by atoms with E-state index in [4.69, 9.17) is 5.73 Å². The highest BCUT2D eigenvalue weighted by Gasteiger charge is 2.24. The normalized spacial score (nSPS) is 17.2. The Morgan fingerprint density at radius 1 is 1.50 bits per heavy atom. The van der Waals surface area contributed by atoms with E-state index in [-0.39, 0.29) is 17.7 Å². The lowest BCUT2D eigenvalue weighted by Gasteiger charge is -2.14. The molecule has 0 bridgehead atoms. The minimum Gasteiger partial charge on any atom is -0.381 e. The zero-order valence-electron chi connectivity index (χ0n) is 9.13. The van der Waals surface area contributed by atoms with Crippen LogP contribution < -0.4 is 11.1 Å². The van der Waals surface area contributed by atoms with Gasteiger partial charge in [0.25, 0.3) is 0 Å². The van der Waals surface area contributed by atoms with Crippen molar-refractivity contribution in [3.8, 4) is 0 Å². The van der Waals surface area contributed by atoms with E-state index in [0.29, 0.717) is 0 Å². The van der Waals surface area contributed by atoms with Gasteiger partial charge in [0.1, 0.15) is 0 Å². The average molecular weight is 227 g/mol. The Balaban J connectivity index is 2.04. The smallest absolute Gasteiger partial charge is 0.168 e. The van der Waals surface area contributed by atoms with E-state index in [0.717, 1.165) is 18.4 Å². The molecule has 0 radical (unpaired) electrons. The molecule has 3 N–H and O–H groups in total. The van der Waals surface area contributed by atoms with Crippen LogP contribution in [-0.2, 0) is 0 Å². The predicted molar refractivity (Wildman–Crippen MR) is 59.0 cm³/mol. The summed E-state index contributed by atoms with van der Waals surface area (Å²) in [7, 11) is 0. The van der Waals surface area contributed by atoms with E-state index in [1.54, 1.807) is 0 Å². The highest BCUT2D eigenvalue weighted by molar-refractivity contribution is 5.45. The second-order valence-electron chi connectivity index (χ2n) is 4.41. The topological polar surface area (TPSA) is 50.9 Å². The Labute approximate surface area is 93.1 Å². The van der Waals surface area contributed by atoms with Gasteiger partial charge < -0.3 is 11.1 Å². The van der Waals surface area contributed by atoms with Gasteiger partial charge >= 0.3 is 0 Å². The van der Waals surface area contributed by atoms with Crippen LogP contribution in [0.5, 0.6) is 0 Å². The Hall–Kier alpha value is -1.39. The SMILES string of the molecule is CC(CC1CC1)Nc1nc(N)c(F)cc1F. The van der Waals surface area contributed by atoms with E-state index in [2.05, 4.69) is 10.3 Å². The number of hydrogen-bond donors (Lipinski definition) is 2. The van der Waals surface area contributed by atoms with Crippen LogP contribution in [0.15, 0.2) is 6.07 Å². The first-order valence-electron chi connectivity index (χ1n) is 5.44. The number of nitrogens with two attached hydrogens (primary N) is 1. The summed E-state index contributed by atoms with van der Waals surface area (Å²) in [5.41, 5.74) is 5.29. The summed E-state index contributed by atoms with van der Waals surface area (Å²) >= 11 is 0. The van der Waals surface area contributed by atoms with Crippen LogP contribution in [0.2, 0.25) is 0 Å². The molecule has 1 aromatic heterocycles. The third-order valence-electron chi connectivity index (χ3n) is 2.72. The lowest BCUT2D eigenvalue weighted by molar-refractivity contribution is 0.572. The Bertz CT molecular complexity index is 391. The first-order chi connectivity index (χ1) is 7.56. The summed E-state index contributed by atoms with van der Waals surface area (Å²) in [5, 5.41) is 2.92. The number of rotatable bonds is 4. The lowest BCUT2D eigenvalue weighted by Crippen LogP contribution is -2.18. The summed E-state index contributed by atoms with van der Waals surface area (Å²) in [4.78, 5) is 3.66. The van der Waals surface area contributed by atoms with Crippen molar-refractivity contribution in [1.82, 2.24) is 4.98 Å². The van der Waals surface area contributed by atoms with E-state index >= 15 is 0 Å². The highest BCUT2D eigenvalue weighted by atomic mass is 19.1. The molecule has 0 spiro atoms. The van der Waals surface area contributed by atoms with Gasteiger partial charge in [-0.05, 0) is 19.3 Å². The molecule has 1 aliphatic carbocycles. The van der Waals surface area contributed by atoms with Crippen molar-refractivity contribution >= 4 is 11.6 Å². The summed E-state index contributed by atoms with van der Waals surface area (Å²) in [6.45, 7) is 1.96. The number of pyridine rings is 1. The number of halogens is 2. The van der Waals surface area contributed by atoms with Gasteiger partial charge in [-0.3, -0.25) is 0 Å². The van der Waals surface area contributed by atoms with Gasteiger partial charge in [-0.2, -0.15) is 0 Å². The van der Waals surface area contributed by atoms with E-state index in [9.17, 15) is 8.78 Å². The highest BCUT2D eigenvalue weighted by Crippen LogP contribution is 2.34. The zero-order chi connectivity index (χ0) is 11.7. The summed E-state index contributed by atoms with van der Waals surface area (Å²) in [5.74, 6) is -1.02. The monoisotopic (exact) mass is 227 g/mol.